The van der Waals surface area contributed by atoms with Crippen LogP contribution >= 0.6 is 0 Å². The molecule has 2 N–H and O–H groups in total. The number of aliphatic hydroxyl groups is 1. The molecule has 4 rings (SSSR count). The van der Waals surface area contributed by atoms with Crippen LogP contribution in [0.3, 0.4) is 0 Å². The van der Waals surface area contributed by atoms with Gasteiger partial charge in [0.1, 0.15) is 24.2 Å². The second-order valence-corrected chi connectivity index (χ2v) is 8.69. The summed E-state index contributed by atoms with van der Waals surface area (Å²) >= 11 is 0. The summed E-state index contributed by atoms with van der Waals surface area (Å²) in [5.74, 6) is 1.59. The van der Waals surface area contributed by atoms with Gasteiger partial charge in [0.05, 0.1) is 19.4 Å². The van der Waals surface area contributed by atoms with E-state index in [0.29, 0.717) is 11.5 Å². The summed E-state index contributed by atoms with van der Waals surface area (Å²) in [6.45, 7) is 3.71. The highest BCUT2D eigenvalue weighted by Crippen LogP contribution is 2.19. The van der Waals surface area contributed by atoms with Crippen molar-refractivity contribution in [1.29, 1.82) is 0 Å². The van der Waals surface area contributed by atoms with Gasteiger partial charge in [-0.2, -0.15) is 10.1 Å². The lowest BCUT2D eigenvalue weighted by atomic mass is 10.1. The van der Waals surface area contributed by atoms with Crippen LogP contribution in [0.4, 0.5) is 5.95 Å². The van der Waals surface area contributed by atoms with Crippen molar-refractivity contribution in [3.8, 4) is 11.5 Å². The number of methoxy groups -OCH3 is 1. The number of benzene rings is 2. The molecule has 0 unspecified atom stereocenters. The normalized spacial score (nSPS) is 12.5. The number of anilines is 1. The molecule has 0 aliphatic rings. The first-order valence-corrected chi connectivity index (χ1v) is 11.7. The third-order valence-corrected chi connectivity index (χ3v) is 6.10. The molecule has 0 aliphatic heterocycles. The van der Waals surface area contributed by atoms with Crippen LogP contribution in [0.15, 0.2) is 63.2 Å². The summed E-state index contributed by atoms with van der Waals surface area (Å²) in [6, 6.07) is 14.9. The van der Waals surface area contributed by atoms with E-state index in [2.05, 4.69) is 15.5 Å². The van der Waals surface area contributed by atoms with Crippen LogP contribution in [0.5, 0.6) is 11.5 Å². The zero-order chi connectivity index (χ0) is 26.7. The van der Waals surface area contributed by atoms with Crippen LogP contribution in [-0.4, -0.2) is 49.3 Å². The number of ether oxygens (including phenoxy) is 2. The smallest absolute Gasteiger partial charge is 0.332 e. The van der Waals surface area contributed by atoms with Crippen molar-refractivity contribution in [2.75, 3.05) is 19.1 Å². The Balaban J connectivity index is 1.68. The first kappa shape index (κ1) is 25.7. The number of nitrogens with zero attached hydrogens (tertiary/aromatic N) is 5. The fraction of sp³-hybridized carbons (Fsp3) is 0.308. The number of aromatic nitrogens is 4. The van der Waals surface area contributed by atoms with Gasteiger partial charge < -0.3 is 19.1 Å². The Morgan fingerprint density at radius 1 is 1.11 bits per heavy atom. The Hall–Kier alpha value is -4.38. The molecule has 2 aromatic carbocycles. The molecule has 0 spiro atoms. The zero-order valence-corrected chi connectivity index (χ0v) is 21.4. The Labute approximate surface area is 213 Å². The van der Waals surface area contributed by atoms with Gasteiger partial charge in [-0.05, 0) is 55.3 Å². The second kappa shape index (κ2) is 10.7. The van der Waals surface area contributed by atoms with E-state index in [1.54, 1.807) is 7.11 Å². The molecule has 0 saturated heterocycles. The monoisotopic (exact) mass is 506 g/mol. The van der Waals surface area contributed by atoms with E-state index in [9.17, 15) is 14.7 Å². The maximum absolute atomic E-state index is 13.1. The minimum absolute atomic E-state index is 0.00973. The van der Waals surface area contributed by atoms with E-state index in [-0.39, 0.29) is 30.3 Å². The summed E-state index contributed by atoms with van der Waals surface area (Å²) in [6.07, 6.45) is -0.980. The van der Waals surface area contributed by atoms with Crippen LogP contribution < -0.4 is 26.1 Å². The summed E-state index contributed by atoms with van der Waals surface area (Å²) in [5.41, 5.74) is 4.67. The number of hydrazone groups is 1. The van der Waals surface area contributed by atoms with E-state index in [4.69, 9.17) is 9.47 Å². The van der Waals surface area contributed by atoms with Gasteiger partial charge in [-0.15, -0.1) is 0 Å². The molecule has 1 atom stereocenters. The molecule has 11 heteroatoms. The van der Waals surface area contributed by atoms with Crippen LogP contribution in [0.25, 0.3) is 11.2 Å². The predicted molar refractivity (Wildman–Crippen MR) is 142 cm³/mol. The lowest BCUT2D eigenvalue weighted by molar-refractivity contribution is 0.0935. The highest BCUT2D eigenvalue weighted by atomic mass is 16.5. The van der Waals surface area contributed by atoms with E-state index in [1.165, 1.54) is 23.2 Å². The maximum atomic E-state index is 13.1. The molecule has 11 nitrogen and oxygen atoms in total. The fourth-order valence-corrected chi connectivity index (χ4v) is 3.91. The number of hydrogen-bond acceptors (Lipinski definition) is 8. The largest absolute Gasteiger partial charge is 0.497 e. The zero-order valence-electron chi connectivity index (χ0n) is 21.4. The molecule has 0 saturated carbocycles. The van der Waals surface area contributed by atoms with Crippen molar-refractivity contribution in [2.24, 2.45) is 19.2 Å². The third kappa shape index (κ3) is 5.26. The summed E-state index contributed by atoms with van der Waals surface area (Å²) in [5, 5.41) is 15.2. The number of aliphatic hydroxyl groups excluding tert-OH is 1. The summed E-state index contributed by atoms with van der Waals surface area (Å²) in [4.78, 5) is 30.0. The SMILES string of the molecule is COc1ccc(/C(C)=N/Nc2nc3c(c(=O)n(C)c(=O)n3C)n2C[C@H](O)COc2ccccc2C)cc1. The minimum atomic E-state index is -0.980. The van der Waals surface area contributed by atoms with Crippen LogP contribution in [0.2, 0.25) is 0 Å². The number of para-hydroxylation sites is 1. The first-order chi connectivity index (χ1) is 17.7. The first-order valence-electron chi connectivity index (χ1n) is 11.7. The molecule has 194 valence electrons. The van der Waals surface area contributed by atoms with Gasteiger partial charge in [-0.1, -0.05) is 18.2 Å². The van der Waals surface area contributed by atoms with Crippen molar-refractivity contribution in [3.63, 3.8) is 0 Å². The van der Waals surface area contributed by atoms with Gasteiger partial charge in [0, 0.05) is 14.1 Å². The summed E-state index contributed by atoms with van der Waals surface area (Å²) < 4.78 is 14.8. The van der Waals surface area contributed by atoms with Crippen LogP contribution in [0.1, 0.15) is 18.1 Å². The molecule has 0 amide bonds. The highest BCUT2D eigenvalue weighted by molar-refractivity contribution is 5.99. The number of nitrogens with one attached hydrogen (secondary N) is 1. The van der Waals surface area contributed by atoms with Crippen molar-refractivity contribution in [1.82, 2.24) is 18.7 Å². The number of fused-ring (bicyclic) bond motifs is 1. The molecule has 37 heavy (non-hydrogen) atoms. The lowest BCUT2D eigenvalue weighted by Gasteiger charge is -2.16. The number of aryl methyl sites for hydroxylation is 2. The molecular weight excluding hydrogens is 476 g/mol. The third-order valence-electron chi connectivity index (χ3n) is 6.10. The van der Waals surface area contributed by atoms with Gasteiger partial charge in [-0.25, -0.2) is 10.2 Å². The highest BCUT2D eigenvalue weighted by Gasteiger charge is 2.21. The van der Waals surface area contributed by atoms with E-state index in [0.717, 1.165) is 21.4 Å². The van der Waals surface area contributed by atoms with Gasteiger partial charge in [-0.3, -0.25) is 13.9 Å². The van der Waals surface area contributed by atoms with E-state index < -0.39 is 17.4 Å². The van der Waals surface area contributed by atoms with Gasteiger partial charge in [0.2, 0.25) is 5.95 Å². The average Bonchev–Trinajstić information content (AvgIpc) is 3.26. The van der Waals surface area contributed by atoms with Crippen molar-refractivity contribution >= 4 is 22.8 Å². The Morgan fingerprint density at radius 2 is 1.81 bits per heavy atom. The molecule has 4 aromatic rings. The topological polar surface area (TPSA) is 125 Å². The van der Waals surface area contributed by atoms with Gasteiger partial charge >= 0.3 is 5.69 Å². The molecule has 0 fully saturated rings. The average molecular weight is 507 g/mol. The second-order valence-electron chi connectivity index (χ2n) is 8.69. The van der Waals surface area contributed by atoms with Gasteiger partial charge in [0.15, 0.2) is 11.2 Å². The quantitative estimate of drug-likeness (QED) is 0.263. The molecule has 2 heterocycles. The summed E-state index contributed by atoms with van der Waals surface area (Å²) in [7, 11) is 4.53. The minimum Gasteiger partial charge on any atom is -0.497 e. The van der Waals surface area contributed by atoms with E-state index >= 15 is 0 Å². The molecule has 0 radical (unpaired) electrons. The number of imidazole rings is 1. The van der Waals surface area contributed by atoms with Gasteiger partial charge in [0.25, 0.3) is 5.56 Å². The van der Waals surface area contributed by atoms with E-state index in [1.807, 2.05) is 62.4 Å². The van der Waals surface area contributed by atoms with Crippen LogP contribution in [0, 0.1) is 6.92 Å². The lowest BCUT2D eigenvalue weighted by Crippen LogP contribution is -2.38. The molecule has 0 bridgehead atoms. The Morgan fingerprint density at radius 3 is 2.49 bits per heavy atom. The maximum Gasteiger partial charge on any atom is 0.332 e. The molecule has 0 aliphatic carbocycles. The molecule has 2 aromatic heterocycles. The van der Waals surface area contributed by atoms with Crippen molar-refractivity contribution in [2.45, 2.75) is 26.5 Å². The molecular formula is C26H30N6O5. The Kier molecular flexibility index (Phi) is 7.44. The standard InChI is InChI=1S/C26H30N6O5/c1-16-8-6-7-9-21(16)37-15-19(33)14-32-22-23(30(3)26(35)31(4)24(22)34)27-25(32)29-28-17(2)18-10-12-20(36-5)13-11-18/h6-13,19,33H,14-15H2,1-5H3,(H,27,29)/b28-17+/t19-/m0/s1. The van der Waals surface area contributed by atoms with Crippen LogP contribution in [-0.2, 0) is 20.6 Å². The number of rotatable bonds is 9. The fourth-order valence-electron chi connectivity index (χ4n) is 3.91. The van der Waals surface area contributed by atoms with Crippen molar-refractivity contribution < 1.29 is 14.6 Å². The Bertz CT molecular complexity index is 1570. The van der Waals surface area contributed by atoms with Crippen molar-refractivity contribution in [3.05, 3.63) is 80.5 Å². The predicted octanol–water partition coefficient (Wildman–Crippen LogP) is 2.03. The number of hydrogen-bond donors (Lipinski definition) is 2.